The molecule has 0 aliphatic carbocycles. The Morgan fingerprint density at radius 1 is 1.36 bits per heavy atom. The molecule has 22 heavy (non-hydrogen) atoms. The zero-order valence-corrected chi connectivity index (χ0v) is 16.9. The minimum absolute atomic E-state index is 0. The topological polar surface area (TPSA) is 68.0 Å². The number of rotatable bonds is 5. The largest absolute Gasteiger partial charge is 0.354 e. The molecule has 3 N–H and O–H groups in total. The SMILES string of the molecule is CC(C)(N)CNC(=O)Cc1csc(-c2cc(Br)cs2)n1.Cl.Cl. The van der Waals surface area contributed by atoms with Crippen LogP contribution in [0.3, 0.4) is 0 Å². The van der Waals surface area contributed by atoms with Gasteiger partial charge in [-0.25, -0.2) is 4.98 Å². The number of thiazole rings is 1. The normalized spacial score (nSPS) is 10.5. The van der Waals surface area contributed by atoms with Crippen molar-refractivity contribution < 1.29 is 4.79 Å². The van der Waals surface area contributed by atoms with E-state index in [2.05, 4.69) is 26.2 Å². The summed E-state index contributed by atoms with van der Waals surface area (Å²) in [5.41, 5.74) is 6.22. The first-order valence-electron chi connectivity index (χ1n) is 6.08. The highest BCUT2D eigenvalue weighted by atomic mass is 79.9. The van der Waals surface area contributed by atoms with Crippen molar-refractivity contribution >= 4 is 69.3 Å². The highest BCUT2D eigenvalue weighted by molar-refractivity contribution is 9.10. The van der Waals surface area contributed by atoms with E-state index in [1.54, 1.807) is 22.7 Å². The number of halogens is 3. The molecule has 2 aromatic heterocycles. The molecule has 0 fully saturated rings. The van der Waals surface area contributed by atoms with E-state index in [1.807, 2.05) is 30.7 Å². The number of thiophene rings is 1. The van der Waals surface area contributed by atoms with Gasteiger partial charge >= 0.3 is 0 Å². The molecule has 0 radical (unpaired) electrons. The first-order chi connectivity index (χ1) is 9.33. The molecular formula is C13H18BrCl2N3OS2. The van der Waals surface area contributed by atoms with Crippen molar-refractivity contribution in [3.05, 3.63) is 27.0 Å². The Morgan fingerprint density at radius 3 is 2.59 bits per heavy atom. The van der Waals surface area contributed by atoms with Gasteiger partial charge in [0.1, 0.15) is 5.01 Å². The van der Waals surface area contributed by atoms with Crippen LogP contribution in [0.4, 0.5) is 0 Å². The summed E-state index contributed by atoms with van der Waals surface area (Å²) in [5.74, 6) is -0.0484. The average Bonchev–Trinajstić information content (AvgIpc) is 2.94. The van der Waals surface area contributed by atoms with E-state index in [0.717, 1.165) is 20.1 Å². The third-order valence-electron chi connectivity index (χ3n) is 2.41. The van der Waals surface area contributed by atoms with E-state index in [1.165, 1.54) is 0 Å². The van der Waals surface area contributed by atoms with E-state index < -0.39 is 5.54 Å². The fourth-order valence-corrected chi connectivity index (χ4v) is 3.81. The summed E-state index contributed by atoms with van der Waals surface area (Å²) < 4.78 is 1.05. The number of nitrogens with zero attached hydrogens (tertiary/aromatic N) is 1. The van der Waals surface area contributed by atoms with Crippen LogP contribution in [0.1, 0.15) is 19.5 Å². The molecule has 0 atom stereocenters. The Kier molecular flexibility index (Phi) is 9.12. The molecule has 9 heteroatoms. The molecule has 0 saturated carbocycles. The molecule has 4 nitrogen and oxygen atoms in total. The van der Waals surface area contributed by atoms with Gasteiger partial charge in [0.2, 0.25) is 5.91 Å². The number of carbonyl (C=O) groups excluding carboxylic acids is 1. The van der Waals surface area contributed by atoms with Gasteiger partial charge in [-0.05, 0) is 35.8 Å². The van der Waals surface area contributed by atoms with E-state index >= 15 is 0 Å². The second-order valence-corrected chi connectivity index (χ2v) is 7.90. The fourth-order valence-electron chi connectivity index (χ4n) is 1.48. The van der Waals surface area contributed by atoms with Crippen LogP contribution in [-0.4, -0.2) is 23.0 Å². The number of nitrogens with two attached hydrogens (primary N) is 1. The second kappa shape index (κ2) is 9.20. The minimum Gasteiger partial charge on any atom is -0.354 e. The summed E-state index contributed by atoms with van der Waals surface area (Å²) in [6, 6.07) is 2.03. The van der Waals surface area contributed by atoms with Crippen LogP contribution in [0.25, 0.3) is 9.88 Å². The molecule has 0 aliphatic rings. The van der Waals surface area contributed by atoms with Crippen molar-refractivity contribution in [2.45, 2.75) is 25.8 Å². The average molecular weight is 447 g/mol. The number of amides is 1. The molecule has 0 spiro atoms. The zero-order valence-electron chi connectivity index (χ0n) is 12.1. The summed E-state index contributed by atoms with van der Waals surface area (Å²) in [4.78, 5) is 17.4. The van der Waals surface area contributed by atoms with Gasteiger partial charge < -0.3 is 11.1 Å². The minimum atomic E-state index is -0.397. The van der Waals surface area contributed by atoms with Crippen molar-refractivity contribution in [1.29, 1.82) is 0 Å². The monoisotopic (exact) mass is 445 g/mol. The number of carbonyl (C=O) groups is 1. The molecule has 124 valence electrons. The van der Waals surface area contributed by atoms with Crippen LogP contribution in [0.5, 0.6) is 0 Å². The van der Waals surface area contributed by atoms with Crippen molar-refractivity contribution in [2.75, 3.05) is 6.54 Å². The molecule has 0 unspecified atom stereocenters. The van der Waals surface area contributed by atoms with Crippen LogP contribution in [0, 0.1) is 0 Å². The van der Waals surface area contributed by atoms with Gasteiger partial charge in [0.05, 0.1) is 17.0 Å². The fraction of sp³-hybridized carbons (Fsp3) is 0.385. The van der Waals surface area contributed by atoms with Crippen LogP contribution < -0.4 is 11.1 Å². The number of hydrogen-bond acceptors (Lipinski definition) is 5. The highest BCUT2D eigenvalue weighted by Crippen LogP contribution is 2.31. The van der Waals surface area contributed by atoms with Crippen molar-refractivity contribution in [3.8, 4) is 9.88 Å². The summed E-state index contributed by atoms with van der Waals surface area (Å²) in [5, 5.41) is 7.71. The van der Waals surface area contributed by atoms with E-state index in [-0.39, 0.29) is 30.7 Å². The first-order valence-corrected chi connectivity index (χ1v) is 8.63. The highest BCUT2D eigenvalue weighted by Gasteiger charge is 2.14. The van der Waals surface area contributed by atoms with Crippen LogP contribution in [0.15, 0.2) is 21.3 Å². The standard InChI is InChI=1S/C13H16BrN3OS2.2ClH/c1-13(2,15)7-16-11(18)4-9-6-20-12(17-9)10-3-8(14)5-19-10;;/h3,5-6H,4,7,15H2,1-2H3,(H,16,18);2*1H. The Labute approximate surface area is 158 Å². The lowest BCUT2D eigenvalue weighted by Gasteiger charge is -2.18. The number of nitrogens with one attached hydrogen (secondary N) is 1. The van der Waals surface area contributed by atoms with E-state index in [4.69, 9.17) is 5.73 Å². The van der Waals surface area contributed by atoms with Gasteiger partial charge in [0.25, 0.3) is 0 Å². The van der Waals surface area contributed by atoms with Gasteiger partial charge in [0, 0.05) is 27.3 Å². The maximum absolute atomic E-state index is 11.8. The molecule has 1 amide bonds. The molecule has 2 heterocycles. The third kappa shape index (κ3) is 6.93. The number of hydrogen-bond donors (Lipinski definition) is 2. The Bertz CT molecular complexity index is 610. The van der Waals surface area contributed by atoms with Crippen LogP contribution >= 0.6 is 63.4 Å². The third-order valence-corrected chi connectivity index (χ3v) is 5.16. The Morgan fingerprint density at radius 2 is 2.05 bits per heavy atom. The summed E-state index contributed by atoms with van der Waals surface area (Å²) in [7, 11) is 0. The Hall–Kier alpha value is -0.180. The molecule has 2 rings (SSSR count). The molecule has 0 saturated heterocycles. The van der Waals surface area contributed by atoms with Crippen LogP contribution in [0.2, 0.25) is 0 Å². The van der Waals surface area contributed by atoms with E-state index in [0.29, 0.717) is 13.0 Å². The maximum Gasteiger partial charge on any atom is 0.226 e. The summed E-state index contributed by atoms with van der Waals surface area (Å²) >= 11 is 6.61. The lowest BCUT2D eigenvalue weighted by Crippen LogP contribution is -2.45. The lowest BCUT2D eigenvalue weighted by atomic mass is 10.1. The van der Waals surface area contributed by atoms with Crippen molar-refractivity contribution in [3.63, 3.8) is 0 Å². The second-order valence-electron chi connectivity index (χ2n) is 5.22. The van der Waals surface area contributed by atoms with Gasteiger partial charge in [-0.2, -0.15) is 0 Å². The van der Waals surface area contributed by atoms with Gasteiger partial charge in [-0.1, -0.05) is 0 Å². The van der Waals surface area contributed by atoms with E-state index in [9.17, 15) is 4.79 Å². The van der Waals surface area contributed by atoms with Gasteiger partial charge in [0.15, 0.2) is 0 Å². The maximum atomic E-state index is 11.8. The predicted octanol–water partition coefficient (Wildman–Crippen LogP) is 3.87. The smallest absolute Gasteiger partial charge is 0.226 e. The number of aromatic nitrogens is 1. The Balaban J connectivity index is 0.00000220. The lowest BCUT2D eigenvalue weighted by molar-refractivity contribution is -0.120. The molecule has 0 aliphatic heterocycles. The quantitative estimate of drug-likeness (QED) is 0.732. The molecule has 0 aromatic carbocycles. The van der Waals surface area contributed by atoms with Crippen molar-refractivity contribution in [2.24, 2.45) is 5.73 Å². The van der Waals surface area contributed by atoms with Gasteiger partial charge in [-0.15, -0.1) is 47.5 Å². The zero-order chi connectivity index (χ0) is 14.8. The van der Waals surface area contributed by atoms with Crippen LogP contribution in [-0.2, 0) is 11.2 Å². The summed E-state index contributed by atoms with van der Waals surface area (Å²) in [6.45, 7) is 4.21. The summed E-state index contributed by atoms with van der Waals surface area (Å²) in [6.07, 6.45) is 0.291. The molecule has 2 aromatic rings. The predicted molar refractivity (Wildman–Crippen MR) is 103 cm³/mol. The molecular weight excluding hydrogens is 429 g/mol. The first kappa shape index (κ1) is 21.8. The van der Waals surface area contributed by atoms with Gasteiger partial charge in [-0.3, -0.25) is 4.79 Å². The van der Waals surface area contributed by atoms with Crippen molar-refractivity contribution in [1.82, 2.24) is 10.3 Å². The molecule has 0 bridgehead atoms.